The second kappa shape index (κ2) is 6.40. The fourth-order valence-corrected chi connectivity index (χ4v) is 3.31. The molecule has 0 amide bonds. The molecule has 2 nitrogen and oxygen atoms in total. The Hall–Kier alpha value is -3.13. The van der Waals surface area contributed by atoms with Gasteiger partial charge in [0.1, 0.15) is 11.3 Å². The van der Waals surface area contributed by atoms with Crippen LogP contribution >= 0.6 is 0 Å². The Bertz CT molecular complexity index is 1020. The molecule has 0 aliphatic carbocycles. The van der Waals surface area contributed by atoms with Crippen molar-refractivity contribution < 1.29 is 4.42 Å². The molecule has 3 aromatic carbocycles. The highest BCUT2D eigenvalue weighted by Crippen LogP contribution is 2.34. The van der Waals surface area contributed by atoms with E-state index in [9.17, 15) is 4.79 Å². The van der Waals surface area contributed by atoms with E-state index in [1.807, 2.05) is 67.6 Å². The fraction of sp³-hybridized carbons (Fsp3) is 0.0870. The molecule has 1 heterocycles. The van der Waals surface area contributed by atoms with Crippen molar-refractivity contribution in [1.82, 2.24) is 0 Å². The minimum absolute atomic E-state index is 0.0358. The summed E-state index contributed by atoms with van der Waals surface area (Å²) in [5.74, 6) is 0.598. The molecule has 4 rings (SSSR count). The molecule has 0 aliphatic heterocycles. The lowest BCUT2D eigenvalue weighted by atomic mass is 9.87. The highest BCUT2D eigenvalue weighted by molar-refractivity contribution is 5.77. The average Bonchev–Trinajstić information content (AvgIpc) is 2.68. The van der Waals surface area contributed by atoms with Crippen molar-refractivity contribution in [1.29, 1.82) is 0 Å². The molecule has 1 aromatic heterocycles. The average molecular weight is 326 g/mol. The zero-order valence-corrected chi connectivity index (χ0v) is 14.0. The molecule has 0 bridgehead atoms. The molecule has 0 fully saturated rings. The number of benzene rings is 3. The van der Waals surface area contributed by atoms with Crippen molar-refractivity contribution in [3.63, 3.8) is 0 Å². The van der Waals surface area contributed by atoms with Crippen LogP contribution in [0.2, 0.25) is 0 Å². The van der Waals surface area contributed by atoms with Crippen LogP contribution in [-0.4, -0.2) is 0 Å². The summed E-state index contributed by atoms with van der Waals surface area (Å²) in [7, 11) is 0. The van der Waals surface area contributed by atoms with Crippen LogP contribution in [0.25, 0.3) is 11.0 Å². The van der Waals surface area contributed by atoms with E-state index in [-0.39, 0.29) is 11.3 Å². The molecule has 0 spiro atoms. The largest absolute Gasteiger partial charge is 0.460 e. The van der Waals surface area contributed by atoms with Crippen molar-refractivity contribution >= 4 is 11.0 Å². The van der Waals surface area contributed by atoms with E-state index in [0.29, 0.717) is 22.3 Å². The first-order valence-corrected chi connectivity index (χ1v) is 8.38. The van der Waals surface area contributed by atoms with E-state index in [0.717, 1.165) is 11.1 Å². The maximum atomic E-state index is 12.9. The van der Waals surface area contributed by atoms with Gasteiger partial charge in [-0.2, -0.15) is 0 Å². The van der Waals surface area contributed by atoms with E-state index < -0.39 is 0 Å². The number of fused-ring (bicyclic) bond motifs is 1. The number of hydrogen-bond acceptors (Lipinski definition) is 2. The van der Waals surface area contributed by atoms with Crippen LogP contribution in [0.1, 0.15) is 28.4 Å². The normalized spacial score (nSPS) is 11.1. The number of hydrogen-bond donors (Lipinski definition) is 0. The lowest BCUT2D eigenvalue weighted by Crippen LogP contribution is -2.13. The van der Waals surface area contributed by atoms with Gasteiger partial charge in [0.2, 0.25) is 0 Å². The van der Waals surface area contributed by atoms with Gasteiger partial charge >= 0.3 is 0 Å². The van der Waals surface area contributed by atoms with Gasteiger partial charge in [-0.15, -0.1) is 0 Å². The predicted molar refractivity (Wildman–Crippen MR) is 101 cm³/mol. The third kappa shape index (κ3) is 2.76. The fourth-order valence-electron chi connectivity index (χ4n) is 3.31. The van der Waals surface area contributed by atoms with Gasteiger partial charge in [0.05, 0.1) is 11.3 Å². The minimum Gasteiger partial charge on any atom is -0.460 e. The first-order chi connectivity index (χ1) is 12.3. The van der Waals surface area contributed by atoms with Gasteiger partial charge in [0.25, 0.3) is 0 Å². The first kappa shape index (κ1) is 15.4. The molecular formula is C23H18O2. The Morgan fingerprint density at radius 3 is 1.84 bits per heavy atom. The van der Waals surface area contributed by atoms with Crippen LogP contribution in [-0.2, 0) is 0 Å². The first-order valence-electron chi connectivity index (χ1n) is 8.38. The lowest BCUT2D eigenvalue weighted by Gasteiger charge is -2.19. The van der Waals surface area contributed by atoms with Crippen molar-refractivity contribution in [3.05, 3.63) is 118 Å². The van der Waals surface area contributed by atoms with Crippen LogP contribution in [0.4, 0.5) is 0 Å². The maximum Gasteiger partial charge on any atom is 0.195 e. The molecule has 25 heavy (non-hydrogen) atoms. The molecule has 122 valence electrons. The third-order valence-corrected chi connectivity index (χ3v) is 4.59. The zero-order chi connectivity index (χ0) is 17.2. The van der Waals surface area contributed by atoms with Crippen molar-refractivity contribution in [3.8, 4) is 0 Å². The maximum absolute atomic E-state index is 12.9. The van der Waals surface area contributed by atoms with Gasteiger partial charge < -0.3 is 4.42 Å². The molecule has 2 heteroatoms. The van der Waals surface area contributed by atoms with Crippen LogP contribution in [0.5, 0.6) is 0 Å². The monoisotopic (exact) mass is 326 g/mol. The summed E-state index contributed by atoms with van der Waals surface area (Å²) in [6.45, 7) is 1.85. The van der Waals surface area contributed by atoms with Crippen molar-refractivity contribution in [2.45, 2.75) is 12.8 Å². The van der Waals surface area contributed by atoms with E-state index in [1.54, 1.807) is 0 Å². The van der Waals surface area contributed by atoms with Gasteiger partial charge in [-0.1, -0.05) is 72.8 Å². The smallest absolute Gasteiger partial charge is 0.195 e. The summed E-state index contributed by atoms with van der Waals surface area (Å²) in [5.41, 5.74) is 3.54. The lowest BCUT2D eigenvalue weighted by molar-refractivity contribution is 0.522. The SMILES string of the molecule is Cc1c(C(c2ccccc2)c2ccccc2)oc2ccccc2c1=O. The topological polar surface area (TPSA) is 30.2 Å². The van der Waals surface area contributed by atoms with E-state index in [4.69, 9.17) is 4.42 Å². The Kier molecular flexibility index (Phi) is 3.95. The Labute approximate surface area is 146 Å². The van der Waals surface area contributed by atoms with E-state index >= 15 is 0 Å². The summed E-state index contributed by atoms with van der Waals surface area (Å²) in [5, 5.41) is 0.628. The highest BCUT2D eigenvalue weighted by Gasteiger charge is 2.23. The van der Waals surface area contributed by atoms with Crippen molar-refractivity contribution in [2.75, 3.05) is 0 Å². The van der Waals surface area contributed by atoms with Gasteiger partial charge in [-0.05, 0) is 30.2 Å². The van der Waals surface area contributed by atoms with Gasteiger partial charge in [-0.3, -0.25) is 4.79 Å². The minimum atomic E-state index is -0.111. The third-order valence-electron chi connectivity index (χ3n) is 4.59. The summed E-state index contributed by atoms with van der Waals surface area (Å²) in [6.07, 6.45) is 0. The van der Waals surface area contributed by atoms with E-state index in [2.05, 4.69) is 24.3 Å². The summed E-state index contributed by atoms with van der Waals surface area (Å²) in [6, 6.07) is 27.8. The molecule has 0 atom stereocenters. The van der Waals surface area contributed by atoms with Gasteiger partial charge in [0, 0.05) is 5.56 Å². The van der Waals surface area contributed by atoms with Crippen LogP contribution < -0.4 is 5.43 Å². The van der Waals surface area contributed by atoms with Gasteiger partial charge in [0.15, 0.2) is 5.43 Å². The van der Waals surface area contributed by atoms with Gasteiger partial charge in [-0.25, -0.2) is 0 Å². The molecule has 0 radical (unpaired) electrons. The predicted octanol–water partition coefficient (Wildman–Crippen LogP) is 5.28. The van der Waals surface area contributed by atoms with Crippen LogP contribution in [0.3, 0.4) is 0 Å². The molecule has 0 N–H and O–H groups in total. The molecule has 0 aliphatic rings. The van der Waals surface area contributed by atoms with Crippen LogP contribution in [0, 0.1) is 6.92 Å². The molecule has 0 saturated heterocycles. The Morgan fingerprint density at radius 1 is 0.720 bits per heavy atom. The van der Waals surface area contributed by atoms with Crippen LogP contribution in [0.15, 0.2) is 94.1 Å². The second-order valence-electron chi connectivity index (χ2n) is 6.17. The Morgan fingerprint density at radius 2 is 1.24 bits per heavy atom. The molecular weight excluding hydrogens is 308 g/mol. The standard InChI is InChI=1S/C23H18O2/c1-16-22(24)19-14-8-9-15-20(19)25-23(16)21(17-10-4-2-5-11-17)18-12-6-3-7-13-18/h2-15,21H,1H3. The summed E-state index contributed by atoms with van der Waals surface area (Å²) >= 11 is 0. The summed E-state index contributed by atoms with van der Waals surface area (Å²) < 4.78 is 6.24. The number of rotatable bonds is 3. The summed E-state index contributed by atoms with van der Waals surface area (Å²) in [4.78, 5) is 12.9. The quantitative estimate of drug-likeness (QED) is 0.512. The molecule has 0 unspecified atom stereocenters. The van der Waals surface area contributed by atoms with Crippen molar-refractivity contribution in [2.24, 2.45) is 0 Å². The zero-order valence-electron chi connectivity index (χ0n) is 14.0. The van der Waals surface area contributed by atoms with E-state index in [1.165, 1.54) is 0 Å². The Balaban J connectivity index is 2.02. The molecule has 0 saturated carbocycles. The second-order valence-corrected chi connectivity index (χ2v) is 6.17. The molecule has 4 aromatic rings. The highest BCUT2D eigenvalue weighted by atomic mass is 16.3. The number of para-hydroxylation sites is 1.